The summed E-state index contributed by atoms with van der Waals surface area (Å²) >= 11 is 0. The van der Waals surface area contributed by atoms with Gasteiger partial charge < -0.3 is 19.8 Å². The van der Waals surface area contributed by atoms with Crippen LogP contribution in [0.25, 0.3) is 22.4 Å². The van der Waals surface area contributed by atoms with E-state index in [0.717, 1.165) is 28.2 Å². The molecule has 4 rings (SSSR count). The summed E-state index contributed by atoms with van der Waals surface area (Å²) in [6.07, 6.45) is -0.462. The zero-order valence-corrected chi connectivity index (χ0v) is 20.4. The van der Waals surface area contributed by atoms with E-state index in [2.05, 4.69) is 15.3 Å². The van der Waals surface area contributed by atoms with Gasteiger partial charge in [-0.1, -0.05) is 0 Å². The Labute approximate surface area is 203 Å². The maximum Gasteiger partial charge on any atom is 0.414 e. The molecule has 4 aromatic rings. The van der Waals surface area contributed by atoms with Gasteiger partial charge in [-0.3, -0.25) is 9.69 Å². The van der Waals surface area contributed by atoms with Crippen LogP contribution in [0.5, 0.6) is 5.75 Å². The van der Waals surface area contributed by atoms with Crippen molar-refractivity contribution >= 4 is 34.4 Å². The molecule has 8 heteroatoms. The van der Waals surface area contributed by atoms with Crippen LogP contribution in [-0.4, -0.2) is 41.7 Å². The van der Waals surface area contributed by atoms with Gasteiger partial charge in [0.15, 0.2) is 0 Å². The quantitative estimate of drug-likeness (QED) is 0.379. The van der Waals surface area contributed by atoms with Crippen molar-refractivity contribution in [2.75, 3.05) is 24.4 Å². The highest BCUT2D eigenvalue weighted by molar-refractivity contribution is 6.05. The summed E-state index contributed by atoms with van der Waals surface area (Å²) < 4.78 is 10.6. The number of aromatic nitrogens is 2. The number of carbonyl (C=O) groups excluding carboxylic acids is 2. The fourth-order valence-corrected chi connectivity index (χ4v) is 3.45. The zero-order chi connectivity index (χ0) is 25.2. The van der Waals surface area contributed by atoms with Gasteiger partial charge in [0, 0.05) is 29.5 Å². The van der Waals surface area contributed by atoms with E-state index >= 15 is 0 Å². The summed E-state index contributed by atoms with van der Waals surface area (Å²) in [5, 5.41) is 2.91. The molecule has 0 bridgehead atoms. The van der Waals surface area contributed by atoms with Gasteiger partial charge >= 0.3 is 6.09 Å². The molecule has 0 unspecified atom stereocenters. The van der Waals surface area contributed by atoms with Gasteiger partial charge in [-0.05, 0) is 87.5 Å². The first-order valence-electron chi connectivity index (χ1n) is 11.2. The van der Waals surface area contributed by atoms with Crippen LogP contribution in [0.1, 0.15) is 31.1 Å². The topological polar surface area (TPSA) is 96.6 Å². The fraction of sp³-hybridized carbons (Fsp3) is 0.222. The third-order valence-electron chi connectivity index (χ3n) is 5.29. The van der Waals surface area contributed by atoms with E-state index in [1.165, 1.54) is 4.90 Å². The molecule has 0 atom stereocenters. The first-order valence-corrected chi connectivity index (χ1v) is 11.2. The number of methoxy groups -OCH3 is 1. The molecular formula is C27H28N4O4. The van der Waals surface area contributed by atoms with Gasteiger partial charge in [-0.25, -0.2) is 9.78 Å². The number of H-pyrrole nitrogens is 1. The van der Waals surface area contributed by atoms with Crippen LogP contribution in [0.3, 0.4) is 0 Å². The molecule has 1 heterocycles. The predicted octanol–water partition coefficient (Wildman–Crippen LogP) is 5.86. The number of amides is 2. The number of hydrogen-bond acceptors (Lipinski definition) is 5. The van der Waals surface area contributed by atoms with E-state index in [1.807, 2.05) is 63.2 Å². The van der Waals surface area contributed by atoms with E-state index in [1.54, 1.807) is 38.4 Å². The number of hydrogen-bond donors (Lipinski definition) is 2. The minimum atomic E-state index is -0.587. The van der Waals surface area contributed by atoms with Gasteiger partial charge in [0.05, 0.1) is 18.1 Å². The Morgan fingerprint density at radius 1 is 0.971 bits per heavy atom. The molecule has 8 nitrogen and oxygen atoms in total. The average Bonchev–Trinajstić information content (AvgIpc) is 3.26. The Morgan fingerprint density at radius 2 is 1.66 bits per heavy atom. The number of nitrogens with one attached hydrogen (secondary N) is 2. The van der Waals surface area contributed by atoms with Crippen molar-refractivity contribution < 1.29 is 19.1 Å². The van der Waals surface area contributed by atoms with Gasteiger partial charge in [0.2, 0.25) is 0 Å². The standard InChI is InChI=1S/C27H28N4O4/c1-27(2,3)35-26(33)31(4)20-11-6-18(7-12-20)25(32)28-19-10-15-22-23(16-19)30-24(29-22)17-8-13-21(34-5)14-9-17/h6-16H,1-5H3,(H,28,32)(H,29,30). The van der Waals surface area contributed by atoms with Crippen LogP contribution in [0.4, 0.5) is 16.2 Å². The van der Waals surface area contributed by atoms with E-state index in [-0.39, 0.29) is 5.91 Å². The zero-order valence-electron chi connectivity index (χ0n) is 20.4. The summed E-state index contributed by atoms with van der Waals surface area (Å²) in [5.41, 5.74) is 3.68. The van der Waals surface area contributed by atoms with E-state index in [4.69, 9.17) is 9.47 Å². The lowest BCUT2D eigenvalue weighted by molar-refractivity contribution is 0.0589. The van der Waals surface area contributed by atoms with Gasteiger partial charge in [-0.2, -0.15) is 0 Å². The minimum Gasteiger partial charge on any atom is -0.497 e. The summed E-state index contributed by atoms with van der Waals surface area (Å²) in [6.45, 7) is 5.44. The Balaban J connectivity index is 1.45. The summed E-state index contributed by atoms with van der Waals surface area (Å²) in [6, 6.07) is 19.9. The third kappa shape index (κ3) is 5.60. The lowest BCUT2D eigenvalue weighted by Gasteiger charge is -2.24. The molecule has 3 aromatic carbocycles. The van der Waals surface area contributed by atoms with E-state index < -0.39 is 11.7 Å². The second kappa shape index (κ2) is 9.50. The number of aromatic amines is 1. The summed E-state index contributed by atoms with van der Waals surface area (Å²) in [4.78, 5) is 34.4. The van der Waals surface area contributed by atoms with E-state index in [9.17, 15) is 9.59 Å². The number of fused-ring (bicyclic) bond motifs is 1. The first kappa shape index (κ1) is 23.8. The van der Waals surface area contributed by atoms with Crippen LogP contribution in [-0.2, 0) is 4.74 Å². The lowest BCUT2D eigenvalue weighted by Crippen LogP contribution is -2.34. The van der Waals surface area contributed by atoms with Crippen LogP contribution >= 0.6 is 0 Å². The average molecular weight is 473 g/mol. The number of carbonyl (C=O) groups is 2. The minimum absolute atomic E-state index is 0.259. The molecule has 2 amide bonds. The van der Waals surface area contributed by atoms with Crippen LogP contribution in [0.15, 0.2) is 66.7 Å². The van der Waals surface area contributed by atoms with Crippen LogP contribution in [0.2, 0.25) is 0 Å². The highest BCUT2D eigenvalue weighted by atomic mass is 16.6. The molecule has 0 aliphatic rings. The molecule has 35 heavy (non-hydrogen) atoms. The molecule has 0 fully saturated rings. The van der Waals surface area contributed by atoms with Crippen molar-refractivity contribution in [2.45, 2.75) is 26.4 Å². The fourth-order valence-electron chi connectivity index (χ4n) is 3.45. The Morgan fingerprint density at radius 3 is 2.29 bits per heavy atom. The van der Waals surface area contributed by atoms with Crippen molar-refractivity contribution in [1.29, 1.82) is 0 Å². The second-order valence-corrected chi connectivity index (χ2v) is 9.09. The third-order valence-corrected chi connectivity index (χ3v) is 5.29. The summed E-state index contributed by atoms with van der Waals surface area (Å²) in [7, 11) is 3.26. The van der Waals surface area contributed by atoms with Crippen LogP contribution in [0, 0.1) is 0 Å². The van der Waals surface area contributed by atoms with Crippen molar-refractivity contribution in [1.82, 2.24) is 9.97 Å². The molecular weight excluding hydrogens is 444 g/mol. The maximum absolute atomic E-state index is 12.8. The normalized spacial score (nSPS) is 11.2. The SMILES string of the molecule is COc1ccc(-c2nc3ccc(NC(=O)c4ccc(N(C)C(=O)OC(C)(C)C)cc4)cc3[nH]2)cc1. The molecule has 0 aliphatic heterocycles. The molecule has 0 saturated carbocycles. The number of nitrogens with zero attached hydrogens (tertiary/aromatic N) is 2. The smallest absolute Gasteiger partial charge is 0.414 e. The van der Waals surface area contributed by atoms with Crippen LogP contribution < -0.4 is 15.0 Å². The number of rotatable bonds is 5. The number of benzene rings is 3. The number of ether oxygens (including phenoxy) is 2. The molecule has 0 spiro atoms. The highest BCUT2D eigenvalue weighted by Gasteiger charge is 2.20. The number of anilines is 2. The predicted molar refractivity (Wildman–Crippen MR) is 137 cm³/mol. The Kier molecular flexibility index (Phi) is 6.46. The van der Waals surface area contributed by atoms with Crippen molar-refractivity contribution in [3.63, 3.8) is 0 Å². The Hall–Kier alpha value is -4.33. The summed E-state index contributed by atoms with van der Waals surface area (Å²) in [5.74, 6) is 1.25. The molecule has 2 N–H and O–H groups in total. The lowest BCUT2D eigenvalue weighted by atomic mass is 10.1. The van der Waals surface area contributed by atoms with Gasteiger partial charge in [0.25, 0.3) is 5.91 Å². The van der Waals surface area contributed by atoms with Crippen molar-refractivity contribution in [2.24, 2.45) is 0 Å². The van der Waals surface area contributed by atoms with Gasteiger partial charge in [0.1, 0.15) is 17.2 Å². The highest BCUT2D eigenvalue weighted by Crippen LogP contribution is 2.25. The maximum atomic E-state index is 12.8. The Bertz CT molecular complexity index is 1350. The van der Waals surface area contributed by atoms with Gasteiger partial charge in [-0.15, -0.1) is 0 Å². The molecule has 0 saturated heterocycles. The van der Waals surface area contributed by atoms with Crippen molar-refractivity contribution in [3.05, 3.63) is 72.3 Å². The second-order valence-electron chi connectivity index (χ2n) is 9.09. The number of imidazole rings is 1. The first-order chi connectivity index (χ1) is 16.6. The monoisotopic (exact) mass is 472 g/mol. The molecule has 1 aromatic heterocycles. The molecule has 0 radical (unpaired) electrons. The van der Waals surface area contributed by atoms with E-state index in [0.29, 0.717) is 16.9 Å². The largest absolute Gasteiger partial charge is 0.497 e. The molecule has 180 valence electrons. The van der Waals surface area contributed by atoms with Crippen molar-refractivity contribution in [3.8, 4) is 17.1 Å². The molecule has 0 aliphatic carbocycles.